The SMILES string of the molecule is CC(=O)Nc1ccc(Br)c(NC(C)=O)n1. The predicted octanol–water partition coefficient (Wildman–Crippen LogP) is 1.76. The molecular weight excluding hydrogens is 262 g/mol. The van der Waals surface area contributed by atoms with Crippen LogP contribution in [0.25, 0.3) is 0 Å². The van der Waals surface area contributed by atoms with Gasteiger partial charge in [-0.05, 0) is 28.1 Å². The number of hydrogen-bond acceptors (Lipinski definition) is 3. The maximum absolute atomic E-state index is 10.8. The first-order valence-corrected chi connectivity index (χ1v) is 5.00. The van der Waals surface area contributed by atoms with Gasteiger partial charge >= 0.3 is 0 Å². The van der Waals surface area contributed by atoms with Gasteiger partial charge in [0.05, 0.1) is 4.47 Å². The summed E-state index contributed by atoms with van der Waals surface area (Å²) in [6.07, 6.45) is 0. The highest BCUT2D eigenvalue weighted by molar-refractivity contribution is 9.10. The van der Waals surface area contributed by atoms with Gasteiger partial charge < -0.3 is 10.6 Å². The van der Waals surface area contributed by atoms with Crippen LogP contribution in [-0.4, -0.2) is 16.8 Å². The normalized spacial score (nSPS) is 9.53. The lowest BCUT2D eigenvalue weighted by molar-refractivity contribution is -0.115. The Morgan fingerprint density at radius 3 is 2.33 bits per heavy atom. The third kappa shape index (κ3) is 3.67. The van der Waals surface area contributed by atoms with E-state index >= 15 is 0 Å². The number of amides is 2. The van der Waals surface area contributed by atoms with Gasteiger partial charge in [-0.2, -0.15) is 0 Å². The second-order valence-electron chi connectivity index (χ2n) is 2.89. The molecule has 0 saturated carbocycles. The van der Waals surface area contributed by atoms with E-state index in [4.69, 9.17) is 0 Å². The monoisotopic (exact) mass is 271 g/mol. The van der Waals surface area contributed by atoms with E-state index in [1.165, 1.54) is 13.8 Å². The summed E-state index contributed by atoms with van der Waals surface area (Å²) in [7, 11) is 0. The predicted molar refractivity (Wildman–Crippen MR) is 60.5 cm³/mol. The molecule has 80 valence electrons. The molecule has 6 heteroatoms. The molecule has 0 atom stereocenters. The molecule has 0 fully saturated rings. The highest BCUT2D eigenvalue weighted by Crippen LogP contribution is 2.21. The van der Waals surface area contributed by atoms with Crippen molar-refractivity contribution in [3.63, 3.8) is 0 Å². The molecule has 0 spiro atoms. The van der Waals surface area contributed by atoms with Crippen molar-refractivity contribution in [2.24, 2.45) is 0 Å². The van der Waals surface area contributed by atoms with E-state index in [9.17, 15) is 9.59 Å². The number of carbonyl (C=O) groups is 2. The van der Waals surface area contributed by atoms with E-state index in [-0.39, 0.29) is 11.8 Å². The summed E-state index contributed by atoms with van der Waals surface area (Å²) in [4.78, 5) is 25.7. The van der Waals surface area contributed by atoms with E-state index in [2.05, 4.69) is 31.5 Å². The molecule has 5 nitrogen and oxygen atoms in total. The fraction of sp³-hybridized carbons (Fsp3) is 0.222. The second kappa shape index (κ2) is 4.88. The van der Waals surface area contributed by atoms with Crippen LogP contribution in [-0.2, 0) is 9.59 Å². The van der Waals surface area contributed by atoms with Crippen LogP contribution >= 0.6 is 15.9 Å². The molecule has 2 N–H and O–H groups in total. The molecule has 0 aliphatic rings. The number of nitrogens with zero attached hydrogens (tertiary/aromatic N) is 1. The lowest BCUT2D eigenvalue weighted by Crippen LogP contribution is -2.11. The second-order valence-corrected chi connectivity index (χ2v) is 3.74. The minimum absolute atomic E-state index is 0.210. The maximum Gasteiger partial charge on any atom is 0.222 e. The van der Waals surface area contributed by atoms with Crippen LogP contribution in [0, 0.1) is 0 Å². The zero-order valence-corrected chi connectivity index (χ0v) is 9.88. The number of pyridine rings is 1. The molecule has 1 rings (SSSR count). The van der Waals surface area contributed by atoms with Crippen LogP contribution in [0.3, 0.4) is 0 Å². The van der Waals surface area contributed by atoms with Gasteiger partial charge in [-0.25, -0.2) is 4.98 Å². The Hall–Kier alpha value is -1.43. The molecule has 1 heterocycles. The lowest BCUT2D eigenvalue weighted by Gasteiger charge is -2.06. The van der Waals surface area contributed by atoms with Gasteiger partial charge in [0.1, 0.15) is 11.6 Å². The van der Waals surface area contributed by atoms with Crippen molar-refractivity contribution in [3.8, 4) is 0 Å². The number of nitrogens with one attached hydrogen (secondary N) is 2. The number of anilines is 2. The summed E-state index contributed by atoms with van der Waals surface area (Å²) in [5.41, 5.74) is 0. The number of carbonyl (C=O) groups excluding carboxylic acids is 2. The molecule has 0 aliphatic carbocycles. The van der Waals surface area contributed by atoms with Crippen LogP contribution in [0.5, 0.6) is 0 Å². The quantitative estimate of drug-likeness (QED) is 0.861. The molecule has 0 aromatic carbocycles. The van der Waals surface area contributed by atoms with Crippen molar-refractivity contribution < 1.29 is 9.59 Å². The highest BCUT2D eigenvalue weighted by Gasteiger charge is 2.05. The number of aromatic nitrogens is 1. The third-order valence-electron chi connectivity index (χ3n) is 1.44. The average Bonchev–Trinajstić information content (AvgIpc) is 2.09. The smallest absolute Gasteiger partial charge is 0.222 e. The van der Waals surface area contributed by atoms with Crippen LogP contribution in [0.1, 0.15) is 13.8 Å². The molecule has 2 amide bonds. The zero-order chi connectivity index (χ0) is 11.4. The molecule has 1 aromatic rings. The van der Waals surface area contributed by atoms with Gasteiger partial charge in [-0.1, -0.05) is 0 Å². The molecular formula is C9H10BrN3O2. The van der Waals surface area contributed by atoms with Gasteiger partial charge in [-0.15, -0.1) is 0 Å². The van der Waals surface area contributed by atoms with Gasteiger partial charge in [0.15, 0.2) is 0 Å². The first-order valence-electron chi connectivity index (χ1n) is 4.21. The largest absolute Gasteiger partial charge is 0.311 e. The van der Waals surface area contributed by atoms with Crippen molar-refractivity contribution in [1.82, 2.24) is 4.98 Å². The van der Waals surface area contributed by atoms with E-state index < -0.39 is 0 Å². The van der Waals surface area contributed by atoms with Crippen molar-refractivity contribution in [2.45, 2.75) is 13.8 Å². The van der Waals surface area contributed by atoms with Gasteiger partial charge in [0, 0.05) is 13.8 Å². The summed E-state index contributed by atoms with van der Waals surface area (Å²) < 4.78 is 0.659. The Morgan fingerprint density at radius 1 is 1.20 bits per heavy atom. The van der Waals surface area contributed by atoms with E-state index in [1.807, 2.05) is 0 Å². The lowest BCUT2D eigenvalue weighted by atomic mass is 10.4. The molecule has 1 aromatic heterocycles. The molecule has 0 bridgehead atoms. The van der Waals surface area contributed by atoms with Crippen molar-refractivity contribution >= 4 is 39.4 Å². The topological polar surface area (TPSA) is 71.1 Å². The average molecular weight is 272 g/mol. The van der Waals surface area contributed by atoms with Crippen molar-refractivity contribution in [3.05, 3.63) is 16.6 Å². The Labute approximate surface area is 95.4 Å². The molecule has 0 aliphatic heterocycles. The maximum atomic E-state index is 10.8. The van der Waals surface area contributed by atoms with E-state index in [0.717, 1.165) is 0 Å². The number of hydrogen-bond donors (Lipinski definition) is 2. The Balaban J connectivity index is 2.94. The van der Waals surface area contributed by atoms with Crippen molar-refractivity contribution in [2.75, 3.05) is 10.6 Å². The van der Waals surface area contributed by atoms with Crippen LogP contribution in [0.4, 0.5) is 11.6 Å². The van der Waals surface area contributed by atoms with E-state index in [1.54, 1.807) is 12.1 Å². The number of rotatable bonds is 2. The Kier molecular flexibility index (Phi) is 3.79. The fourth-order valence-electron chi connectivity index (χ4n) is 0.947. The Morgan fingerprint density at radius 2 is 1.80 bits per heavy atom. The molecule has 0 saturated heterocycles. The van der Waals surface area contributed by atoms with Crippen molar-refractivity contribution in [1.29, 1.82) is 0 Å². The first-order chi connectivity index (χ1) is 6.99. The number of halogens is 1. The van der Waals surface area contributed by atoms with Crippen LogP contribution < -0.4 is 10.6 Å². The fourth-order valence-corrected chi connectivity index (χ4v) is 1.27. The molecule has 0 radical (unpaired) electrons. The summed E-state index contributed by atoms with van der Waals surface area (Å²) in [6, 6.07) is 3.33. The molecule has 0 unspecified atom stereocenters. The minimum Gasteiger partial charge on any atom is -0.311 e. The Bertz CT molecular complexity index is 406. The summed E-state index contributed by atoms with van der Waals surface area (Å²) in [5, 5.41) is 5.06. The summed E-state index contributed by atoms with van der Waals surface area (Å²) in [6.45, 7) is 2.78. The van der Waals surface area contributed by atoms with E-state index in [0.29, 0.717) is 16.1 Å². The summed E-state index contributed by atoms with van der Waals surface area (Å²) in [5.74, 6) is 0.352. The highest BCUT2D eigenvalue weighted by atomic mass is 79.9. The van der Waals surface area contributed by atoms with Crippen LogP contribution in [0.2, 0.25) is 0 Å². The molecule has 15 heavy (non-hydrogen) atoms. The van der Waals surface area contributed by atoms with Gasteiger partial charge in [-0.3, -0.25) is 9.59 Å². The van der Waals surface area contributed by atoms with Crippen LogP contribution in [0.15, 0.2) is 16.6 Å². The van der Waals surface area contributed by atoms with Gasteiger partial charge in [0.25, 0.3) is 0 Å². The van der Waals surface area contributed by atoms with Gasteiger partial charge in [0.2, 0.25) is 11.8 Å². The zero-order valence-electron chi connectivity index (χ0n) is 8.30. The first kappa shape index (κ1) is 11.6. The third-order valence-corrected chi connectivity index (χ3v) is 2.08. The summed E-state index contributed by atoms with van der Waals surface area (Å²) >= 11 is 3.24. The minimum atomic E-state index is -0.219. The standard InChI is InChI=1S/C9H10BrN3O2/c1-5(14)11-8-4-3-7(10)9(13-8)12-6(2)15/h3-4H,1-2H3,(H2,11,12,13,14,15).